The number of halogens is 1. The van der Waals surface area contributed by atoms with Crippen molar-refractivity contribution in [1.29, 1.82) is 0 Å². The second-order valence-corrected chi connectivity index (χ2v) is 8.36. The van der Waals surface area contributed by atoms with E-state index in [1.165, 1.54) is 12.8 Å². The maximum Gasteiger partial charge on any atom is 0.243 e. The Morgan fingerprint density at radius 3 is 2.35 bits per heavy atom. The maximum atomic E-state index is 12.6. The van der Waals surface area contributed by atoms with E-state index in [2.05, 4.69) is 20.8 Å². The predicted octanol–water partition coefficient (Wildman–Crippen LogP) is 2.31. The lowest BCUT2D eigenvalue weighted by molar-refractivity contribution is 0.251. The van der Waals surface area contributed by atoms with Crippen molar-refractivity contribution in [3.8, 4) is 0 Å². The molecule has 0 amide bonds. The minimum Gasteiger partial charge on any atom is -0.299 e. The maximum absolute atomic E-state index is 12.6. The second-order valence-electron chi connectivity index (χ2n) is 5.50. The molecule has 0 saturated carbocycles. The topological polar surface area (TPSA) is 40.6 Å². The Balaban J connectivity index is 1.74. The summed E-state index contributed by atoms with van der Waals surface area (Å²) in [7, 11) is -3.33. The number of likely N-dealkylation sites (tertiary alicyclic amines) is 1. The average molecular weight is 359 g/mol. The SMILES string of the molecule is O=S(=O)(c1ccc(Br)cc1)N1CCC(N2CCCC2)C1. The van der Waals surface area contributed by atoms with Crippen LogP contribution in [-0.4, -0.2) is 49.8 Å². The molecule has 1 aromatic carbocycles. The molecule has 1 aromatic rings. The van der Waals surface area contributed by atoms with E-state index in [9.17, 15) is 8.42 Å². The van der Waals surface area contributed by atoms with Gasteiger partial charge in [-0.2, -0.15) is 4.31 Å². The van der Waals surface area contributed by atoms with Gasteiger partial charge in [0.25, 0.3) is 0 Å². The summed E-state index contributed by atoms with van der Waals surface area (Å²) in [5.41, 5.74) is 0. The quantitative estimate of drug-likeness (QED) is 0.832. The van der Waals surface area contributed by atoms with Crippen molar-refractivity contribution in [2.24, 2.45) is 0 Å². The number of nitrogens with zero attached hydrogens (tertiary/aromatic N) is 2. The monoisotopic (exact) mass is 358 g/mol. The Morgan fingerprint density at radius 1 is 1.05 bits per heavy atom. The molecule has 2 aliphatic rings. The fourth-order valence-corrected chi connectivity index (χ4v) is 4.85. The molecule has 2 saturated heterocycles. The molecule has 3 rings (SSSR count). The summed E-state index contributed by atoms with van der Waals surface area (Å²) in [5, 5.41) is 0. The van der Waals surface area contributed by atoms with Gasteiger partial charge in [-0.3, -0.25) is 4.90 Å². The number of hydrogen-bond acceptors (Lipinski definition) is 3. The Kier molecular flexibility index (Phi) is 4.17. The van der Waals surface area contributed by atoms with Crippen LogP contribution in [0.25, 0.3) is 0 Å². The van der Waals surface area contributed by atoms with Crippen LogP contribution in [0.2, 0.25) is 0 Å². The summed E-state index contributed by atoms with van der Waals surface area (Å²) in [6.45, 7) is 3.52. The zero-order chi connectivity index (χ0) is 14.2. The van der Waals surface area contributed by atoms with Crippen molar-refractivity contribution >= 4 is 26.0 Å². The van der Waals surface area contributed by atoms with Crippen LogP contribution in [0, 0.1) is 0 Å². The highest BCUT2D eigenvalue weighted by Gasteiger charge is 2.35. The summed E-state index contributed by atoms with van der Waals surface area (Å²) in [4.78, 5) is 2.83. The fraction of sp³-hybridized carbons (Fsp3) is 0.571. The first kappa shape index (κ1) is 14.5. The van der Waals surface area contributed by atoms with Crippen molar-refractivity contribution in [1.82, 2.24) is 9.21 Å². The van der Waals surface area contributed by atoms with Gasteiger partial charge in [0.2, 0.25) is 10.0 Å². The minimum absolute atomic E-state index is 0.391. The Hall–Kier alpha value is -0.430. The van der Waals surface area contributed by atoms with Crippen LogP contribution in [0.1, 0.15) is 19.3 Å². The zero-order valence-corrected chi connectivity index (χ0v) is 13.7. The first-order chi connectivity index (χ1) is 9.57. The van der Waals surface area contributed by atoms with Crippen LogP contribution in [0.15, 0.2) is 33.6 Å². The number of benzene rings is 1. The van der Waals surface area contributed by atoms with Gasteiger partial charge in [0.05, 0.1) is 4.90 Å². The fourth-order valence-electron chi connectivity index (χ4n) is 3.09. The van der Waals surface area contributed by atoms with Gasteiger partial charge in [-0.25, -0.2) is 8.42 Å². The smallest absolute Gasteiger partial charge is 0.243 e. The Labute approximate surface area is 128 Å². The summed E-state index contributed by atoms with van der Waals surface area (Å²) in [5.74, 6) is 0. The average Bonchev–Trinajstić information content (AvgIpc) is 3.10. The van der Waals surface area contributed by atoms with Crippen molar-refractivity contribution < 1.29 is 8.42 Å². The normalized spacial score (nSPS) is 25.4. The van der Waals surface area contributed by atoms with Gasteiger partial charge in [-0.1, -0.05) is 15.9 Å². The van der Waals surface area contributed by atoms with Crippen molar-refractivity contribution in [2.75, 3.05) is 26.2 Å². The molecule has 0 spiro atoms. The van der Waals surface area contributed by atoms with Gasteiger partial charge in [-0.05, 0) is 56.6 Å². The first-order valence-electron chi connectivity index (χ1n) is 7.07. The molecule has 2 aliphatic heterocycles. The largest absolute Gasteiger partial charge is 0.299 e. The van der Waals surface area contributed by atoms with E-state index in [0.29, 0.717) is 24.0 Å². The van der Waals surface area contributed by atoms with Gasteiger partial charge in [0.15, 0.2) is 0 Å². The van der Waals surface area contributed by atoms with E-state index in [4.69, 9.17) is 0 Å². The molecule has 0 N–H and O–H groups in total. The van der Waals surface area contributed by atoms with E-state index in [-0.39, 0.29) is 0 Å². The lowest BCUT2D eigenvalue weighted by Gasteiger charge is -2.23. The van der Waals surface area contributed by atoms with E-state index in [1.807, 2.05) is 0 Å². The zero-order valence-electron chi connectivity index (χ0n) is 11.3. The van der Waals surface area contributed by atoms with Gasteiger partial charge >= 0.3 is 0 Å². The third-order valence-corrected chi connectivity index (χ3v) is 6.64. The minimum atomic E-state index is -3.33. The van der Waals surface area contributed by atoms with Gasteiger partial charge in [0.1, 0.15) is 0 Å². The third kappa shape index (κ3) is 2.79. The molecule has 0 bridgehead atoms. The molecule has 0 aliphatic carbocycles. The van der Waals surface area contributed by atoms with E-state index in [0.717, 1.165) is 24.0 Å². The third-order valence-electron chi connectivity index (χ3n) is 4.23. The molecule has 1 unspecified atom stereocenters. The van der Waals surface area contributed by atoms with E-state index >= 15 is 0 Å². The van der Waals surface area contributed by atoms with Crippen LogP contribution >= 0.6 is 15.9 Å². The summed E-state index contributed by atoms with van der Waals surface area (Å²) < 4.78 is 27.7. The molecule has 110 valence electrons. The summed E-state index contributed by atoms with van der Waals surface area (Å²) >= 11 is 3.33. The standard InChI is InChI=1S/C14H19BrN2O2S/c15-12-3-5-14(6-4-12)20(18,19)17-10-7-13(11-17)16-8-1-2-9-16/h3-6,13H,1-2,7-11H2. The molecule has 4 nitrogen and oxygen atoms in total. The van der Waals surface area contributed by atoms with Crippen LogP contribution in [-0.2, 0) is 10.0 Å². The molecule has 2 heterocycles. The number of rotatable bonds is 3. The molecule has 0 aromatic heterocycles. The summed E-state index contributed by atoms with van der Waals surface area (Å²) in [6.07, 6.45) is 3.45. The molecular weight excluding hydrogens is 340 g/mol. The van der Waals surface area contributed by atoms with Crippen molar-refractivity contribution in [3.63, 3.8) is 0 Å². The highest BCUT2D eigenvalue weighted by atomic mass is 79.9. The van der Waals surface area contributed by atoms with E-state index in [1.54, 1.807) is 28.6 Å². The molecule has 0 radical (unpaired) electrons. The molecule has 20 heavy (non-hydrogen) atoms. The van der Waals surface area contributed by atoms with Gasteiger partial charge < -0.3 is 0 Å². The van der Waals surface area contributed by atoms with Gasteiger partial charge in [-0.15, -0.1) is 0 Å². The Morgan fingerprint density at radius 2 is 1.70 bits per heavy atom. The number of sulfonamides is 1. The molecule has 1 atom stereocenters. The lowest BCUT2D eigenvalue weighted by atomic mass is 10.2. The Bertz CT molecular complexity index is 567. The highest BCUT2D eigenvalue weighted by Crippen LogP contribution is 2.26. The molecular formula is C14H19BrN2O2S. The molecule has 2 fully saturated rings. The van der Waals surface area contributed by atoms with Crippen LogP contribution < -0.4 is 0 Å². The predicted molar refractivity (Wildman–Crippen MR) is 82.1 cm³/mol. The summed E-state index contributed by atoms with van der Waals surface area (Å²) in [6, 6.07) is 7.30. The van der Waals surface area contributed by atoms with Gasteiger partial charge in [0, 0.05) is 23.6 Å². The van der Waals surface area contributed by atoms with E-state index < -0.39 is 10.0 Å². The van der Waals surface area contributed by atoms with Crippen molar-refractivity contribution in [3.05, 3.63) is 28.7 Å². The van der Waals surface area contributed by atoms with Crippen molar-refractivity contribution in [2.45, 2.75) is 30.2 Å². The lowest BCUT2D eigenvalue weighted by Crippen LogP contribution is -2.37. The second kappa shape index (κ2) is 5.75. The highest BCUT2D eigenvalue weighted by molar-refractivity contribution is 9.10. The number of hydrogen-bond donors (Lipinski definition) is 0. The van der Waals surface area contributed by atoms with Crippen LogP contribution in [0.5, 0.6) is 0 Å². The first-order valence-corrected chi connectivity index (χ1v) is 9.30. The molecule has 6 heteroatoms. The van der Waals surface area contributed by atoms with Crippen LogP contribution in [0.3, 0.4) is 0 Å². The van der Waals surface area contributed by atoms with Crippen LogP contribution in [0.4, 0.5) is 0 Å².